The van der Waals surface area contributed by atoms with Gasteiger partial charge in [0.25, 0.3) is 0 Å². The summed E-state index contributed by atoms with van der Waals surface area (Å²) < 4.78 is 16.6. The van der Waals surface area contributed by atoms with E-state index in [-0.39, 0.29) is 31.1 Å². The standard InChI is InChI=1S/C50H84O6/c1-4-7-10-13-16-18-20-22-23-24-25-26-27-29-30-32-34-37-40-43-49(52)55-46-47(45-54-48(51)42-39-36-15-12-9-6-3)56-50(53)44-41-38-35-33-31-28-21-19-17-14-11-8-5-2/h7,10-11,14,16,18-19,21-23,25-26,47H,4-6,8-9,12-13,15,17,20,24,27-46H2,1-3H3/b10-7-,14-11-,18-16-,21-19-,23-22-,26-25-. The zero-order valence-corrected chi connectivity index (χ0v) is 36.4. The molecular weight excluding hydrogens is 697 g/mol. The summed E-state index contributed by atoms with van der Waals surface area (Å²) in [5.41, 5.74) is 0. The van der Waals surface area contributed by atoms with Crippen LogP contribution in [0.4, 0.5) is 0 Å². The molecule has 0 saturated heterocycles. The number of hydrogen-bond acceptors (Lipinski definition) is 6. The quantitative estimate of drug-likeness (QED) is 0.0267. The van der Waals surface area contributed by atoms with Gasteiger partial charge in [-0.15, -0.1) is 0 Å². The van der Waals surface area contributed by atoms with E-state index in [0.717, 1.165) is 122 Å². The molecule has 0 heterocycles. The third-order valence-corrected chi connectivity index (χ3v) is 9.43. The molecule has 0 saturated carbocycles. The first-order valence-corrected chi connectivity index (χ1v) is 22.9. The van der Waals surface area contributed by atoms with Crippen LogP contribution in [-0.4, -0.2) is 37.2 Å². The normalized spacial score (nSPS) is 12.7. The second-order valence-electron chi connectivity index (χ2n) is 14.9. The third kappa shape index (κ3) is 42.0. The lowest BCUT2D eigenvalue weighted by atomic mass is 10.1. The highest BCUT2D eigenvalue weighted by molar-refractivity contribution is 5.71. The van der Waals surface area contributed by atoms with E-state index in [1.54, 1.807) is 0 Å². The number of unbranched alkanes of at least 4 members (excludes halogenated alkanes) is 17. The summed E-state index contributed by atoms with van der Waals surface area (Å²) in [5.74, 6) is -0.931. The molecule has 0 radical (unpaired) electrons. The van der Waals surface area contributed by atoms with Crippen LogP contribution in [0.3, 0.4) is 0 Å². The lowest BCUT2D eigenvalue weighted by molar-refractivity contribution is -0.167. The molecule has 0 aliphatic carbocycles. The van der Waals surface area contributed by atoms with E-state index >= 15 is 0 Å². The Kier molecular flexibility index (Phi) is 42.1. The first kappa shape index (κ1) is 52.9. The highest BCUT2D eigenvalue weighted by atomic mass is 16.6. The molecule has 0 fully saturated rings. The van der Waals surface area contributed by atoms with Gasteiger partial charge in [0.15, 0.2) is 6.10 Å². The van der Waals surface area contributed by atoms with Crippen LogP contribution in [0.25, 0.3) is 0 Å². The molecule has 1 unspecified atom stereocenters. The van der Waals surface area contributed by atoms with Crippen LogP contribution in [0.15, 0.2) is 72.9 Å². The van der Waals surface area contributed by atoms with Crippen LogP contribution in [0.5, 0.6) is 0 Å². The first-order valence-electron chi connectivity index (χ1n) is 22.9. The van der Waals surface area contributed by atoms with Crippen molar-refractivity contribution in [2.24, 2.45) is 0 Å². The predicted octanol–water partition coefficient (Wildman–Crippen LogP) is 14.7. The number of carbonyl (C=O) groups excluding carboxylic acids is 3. The Morgan fingerprint density at radius 3 is 1.16 bits per heavy atom. The number of esters is 3. The minimum atomic E-state index is -0.784. The molecule has 0 rings (SSSR count). The first-order chi connectivity index (χ1) is 27.5. The summed E-state index contributed by atoms with van der Waals surface area (Å²) in [4.78, 5) is 37.6. The lowest BCUT2D eigenvalue weighted by Gasteiger charge is -2.18. The maximum Gasteiger partial charge on any atom is 0.306 e. The monoisotopic (exact) mass is 781 g/mol. The Morgan fingerprint density at radius 1 is 0.375 bits per heavy atom. The van der Waals surface area contributed by atoms with E-state index in [4.69, 9.17) is 14.2 Å². The van der Waals surface area contributed by atoms with Crippen molar-refractivity contribution in [2.45, 2.75) is 213 Å². The van der Waals surface area contributed by atoms with Crippen LogP contribution in [0.2, 0.25) is 0 Å². The van der Waals surface area contributed by atoms with E-state index in [0.29, 0.717) is 19.3 Å². The lowest BCUT2D eigenvalue weighted by Crippen LogP contribution is -2.30. The van der Waals surface area contributed by atoms with Crippen molar-refractivity contribution in [3.05, 3.63) is 72.9 Å². The van der Waals surface area contributed by atoms with Crippen LogP contribution < -0.4 is 0 Å². The molecule has 6 nitrogen and oxygen atoms in total. The molecule has 0 aromatic rings. The smallest absolute Gasteiger partial charge is 0.306 e. The van der Waals surface area contributed by atoms with Crippen LogP contribution >= 0.6 is 0 Å². The maximum absolute atomic E-state index is 12.7. The molecule has 0 aliphatic rings. The van der Waals surface area contributed by atoms with Crippen molar-refractivity contribution >= 4 is 17.9 Å². The van der Waals surface area contributed by atoms with Crippen LogP contribution in [-0.2, 0) is 28.6 Å². The Hall–Kier alpha value is -3.15. The molecule has 1 atom stereocenters. The van der Waals surface area contributed by atoms with E-state index in [2.05, 4.69) is 93.7 Å². The molecule has 0 aromatic heterocycles. The SMILES string of the molecule is CC/C=C\C/C=C\C/C=C\C/C=C\CCCCCCCCC(=O)OCC(COC(=O)CCCCCCCC)OC(=O)CCCCCCC/C=C\C/C=C\CCC. The van der Waals surface area contributed by atoms with Crippen molar-refractivity contribution in [2.75, 3.05) is 13.2 Å². The number of ether oxygens (including phenoxy) is 3. The minimum Gasteiger partial charge on any atom is -0.462 e. The summed E-state index contributed by atoms with van der Waals surface area (Å²) in [6, 6.07) is 0. The molecule has 0 aliphatic heterocycles. The zero-order valence-electron chi connectivity index (χ0n) is 36.4. The number of rotatable bonds is 40. The van der Waals surface area contributed by atoms with E-state index in [9.17, 15) is 14.4 Å². The molecule has 320 valence electrons. The Bertz CT molecular complexity index is 1080. The Balaban J connectivity index is 4.29. The van der Waals surface area contributed by atoms with Crippen molar-refractivity contribution in [1.29, 1.82) is 0 Å². The molecule has 0 amide bonds. The summed E-state index contributed by atoms with van der Waals surface area (Å²) >= 11 is 0. The molecule has 0 N–H and O–H groups in total. The van der Waals surface area contributed by atoms with Gasteiger partial charge >= 0.3 is 17.9 Å². The molecule has 0 aromatic carbocycles. The molecular formula is C50H84O6. The summed E-state index contributed by atoms with van der Waals surface area (Å²) in [6.07, 6.45) is 54.7. The van der Waals surface area contributed by atoms with Gasteiger partial charge in [0.05, 0.1) is 0 Å². The largest absolute Gasteiger partial charge is 0.462 e. The van der Waals surface area contributed by atoms with Gasteiger partial charge in [-0.1, -0.05) is 177 Å². The maximum atomic E-state index is 12.7. The molecule has 0 spiro atoms. The second kappa shape index (κ2) is 44.6. The van der Waals surface area contributed by atoms with E-state index in [1.165, 1.54) is 44.9 Å². The van der Waals surface area contributed by atoms with E-state index in [1.807, 2.05) is 0 Å². The van der Waals surface area contributed by atoms with Gasteiger partial charge in [-0.2, -0.15) is 0 Å². The van der Waals surface area contributed by atoms with Gasteiger partial charge in [-0.05, 0) is 83.5 Å². The Morgan fingerprint density at radius 2 is 0.732 bits per heavy atom. The summed E-state index contributed by atoms with van der Waals surface area (Å²) in [7, 11) is 0. The molecule has 0 bridgehead atoms. The highest BCUT2D eigenvalue weighted by Gasteiger charge is 2.19. The van der Waals surface area contributed by atoms with Gasteiger partial charge in [-0.3, -0.25) is 14.4 Å². The average Bonchev–Trinajstić information content (AvgIpc) is 3.19. The van der Waals surface area contributed by atoms with Gasteiger partial charge in [0.2, 0.25) is 0 Å². The predicted molar refractivity (Wildman–Crippen MR) is 238 cm³/mol. The minimum absolute atomic E-state index is 0.0868. The van der Waals surface area contributed by atoms with Gasteiger partial charge in [0.1, 0.15) is 13.2 Å². The van der Waals surface area contributed by atoms with Crippen molar-refractivity contribution in [3.8, 4) is 0 Å². The van der Waals surface area contributed by atoms with Gasteiger partial charge in [-0.25, -0.2) is 0 Å². The van der Waals surface area contributed by atoms with E-state index < -0.39 is 6.10 Å². The van der Waals surface area contributed by atoms with Crippen LogP contribution in [0.1, 0.15) is 207 Å². The molecule has 56 heavy (non-hydrogen) atoms. The average molecular weight is 781 g/mol. The summed E-state index contributed by atoms with van der Waals surface area (Å²) in [6.45, 7) is 6.36. The fourth-order valence-corrected chi connectivity index (χ4v) is 6.00. The Labute approximate surface area is 344 Å². The van der Waals surface area contributed by atoms with Gasteiger partial charge in [0, 0.05) is 19.3 Å². The number of carbonyl (C=O) groups is 3. The van der Waals surface area contributed by atoms with Gasteiger partial charge < -0.3 is 14.2 Å². The van der Waals surface area contributed by atoms with Crippen LogP contribution in [0, 0.1) is 0 Å². The number of hydrogen-bond donors (Lipinski definition) is 0. The third-order valence-electron chi connectivity index (χ3n) is 9.43. The second-order valence-corrected chi connectivity index (χ2v) is 14.9. The fourth-order valence-electron chi connectivity index (χ4n) is 6.00. The van der Waals surface area contributed by atoms with Crippen molar-refractivity contribution in [1.82, 2.24) is 0 Å². The molecule has 6 heteroatoms. The topological polar surface area (TPSA) is 78.9 Å². The zero-order chi connectivity index (χ0) is 40.8. The van der Waals surface area contributed by atoms with Crippen molar-refractivity contribution < 1.29 is 28.6 Å². The summed E-state index contributed by atoms with van der Waals surface area (Å²) in [5, 5.41) is 0. The number of allylic oxidation sites excluding steroid dienone is 12. The highest BCUT2D eigenvalue weighted by Crippen LogP contribution is 2.13. The van der Waals surface area contributed by atoms with Crippen molar-refractivity contribution in [3.63, 3.8) is 0 Å². The fraction of sp³-hybridized carbons (Fsp3) is 0.700.